The topological polar surface area (TPSA) is 87.8 Å². The van der Waals surface area contributed by atoms with Crippen LogP contribution in [0, 0.1) is 0 Å². The van der Waals surface area contributed by atoms with Gasteiger partial charge >= 0.3 is 0 Å². The summed E-state index contributed by atoms with van der Waals surface area (Å²) in [7, 11) is 1.58. The number of ether oxygens (including phenoxy) is 3. The molecule has 8 heteroatoms. The van der Waals surface area contributed by atoms with E-state index >= 15 is 0 Å². The number of furan rings is 1. The van der Waals surface area contributed by atoms with E-state index in [-0.39, 0.29) is 18.6 Å². The lowest BCUT2D eigenvalue weighted by atomic mass is 9.87. The Bertz CT molecular complexity index is 1010. The zero-order valence-electron chi connectivity index (χ0n) is 14.6. The predicted molar refractivity (Wildman–Crippen MR) is 94.2 cm³/mol. The molecule has 2 aliphatic rings. The molecule has 27 heavy (non-hydrogen) atoms. The number of hydrogen-bond acceptors (Lipinski definition) is 6. The van der Waals surface area contributed by atoms with Crippen molar-refractivity contribution in [3.63, 3.8) is 0 Å². The van der Waals surface area contributed by atoms with E-state index in [1.807, 2.05) is 24.3 Å². The monoisotopic (exact) mass is 367 g/mol. The molecule has 1 unspecified atom stereocenters. The van der Waals surface area contributed by atoms with Crippen LogP contribution in [0.3, 0.4) is 0 Å². The number of fused-ring (bicyclic) bond motifs is 2. The molecule has 2 aliphatic heterocycles. The highest BCUT2D eigenvalue weighted by molar-refractivity contribution is 5.94. The van der Waals surface area contributed by atoms with Crippen molar-refractivity contribution in [1.82, 2.24) is 9.78 Å². The van der Waals surface area contributed by atoms with Crippen LogP contribution >= 0.6 is 0 Å². The highest BCUT2D eigenvalue weighted by Crippen LogP contribution is 2.46. The maximum Gasteiger partial charge on any atom is 0.231 e. The summed E-state index contributed by atoms with van der Waals surface area (Å²) in [5.74, 6) is 3.05. The minimum Gasteiger partial charge on any atom is -0.493 e. The van der Waals surface area contributed by atoms with Gasteiger partial charge in [-0.2, -0.15) is 5.10 Å². The molecule has 1 N–H and O–H groups in total. The lowest BCUT2D eigenvalue weighted by Gasteiger charge is -2.24. The van der Waals surface area contributed by atoms with E-state index in [1.165, 1.54) is 0 Å². The first-order valence-electron chi connectivity index (χ1n) is 8.58. The standard InChI is InChI=1S/C19H17N3O5/c1-24-15-5-11(6-16-18(15)27-10-26-16)13-7-17(23)21-19-14(13)8-20-22(19)9-12-3-2-4-25-12/h2-6,8,13H,7,9-10H2,1H3,(H,21,23). The summed E-state index contributed by atoms with van der Waals surface area (Å²) in [4.78, 5) is 12.4. The summed E-state index contributed by atoms with van der Waals surface area (Å²) in [6.45, 7) is 0.604. The largest absolute Gasteiger partial charge is 0.493 e. The van der Waals surface area contributed by atoms with Crippen molar-refractivity contribution in [2.75, 3.05) is 19.2 Å². The number of rotatable bonds is 4. The second-order valence-corrected chi connectivity index (χ2v) is 6.45. The Morgan fingerprint density at radius 2 is 2.30 bits per heavy atom. The van der Waals surface area contributed by atoms with Crippen molar-refractivity contribution >= 4 is 11.7 Å². The van der Waals surface area contributed by atoms with Crippen LogP contribution in [0.4, 0.5) is 5.82 Å². The van der Waals surface area contributed by atoms with Gasteiger partial charge in [0.1, 0.15) is 18.1 Å². The van der Waals surface area contributed by atoms with E-state index in [1.54, 1.807) is 24.3 Å². The number of aromatic nitrogens is 2. The number of methoxy groups -OCH3 is 1. The molecule has 0 fully saturated rings. The third-order valence-electron chi connectivity index (χ3n) is 4.86. The number of carbonyl (C=O) groups excluding carboxylic acids is 1. The SMILES string of the molecule is COc1cc(C2CC(=O)Nc3c2cnn3Cc2ccco2)cc2c1OCO2. The number of nitrogens with one attached hydrogen (secondary N) is 1. The second kappa shape index (κ2) is 6.08. The number of benzene rings is 1. The van der Waals surface area contributed by atoms with Gasteiger partial charge in [-0.3, -0.25) is 4.79 Å². The summed E-state index contributed by atoms with van der Waals surface area (Å²) >= 11 is 0. The average molecular weight is 367 g/mol. The van der Waals surface area contributed by atoms with Crippen LogP contribution in [-0.2, 0) is 11.3 Å². The highest BCUT2D eigenvalue weighted by atomic mass is 16.7. The Balaban J connectivity index is 1.56. The quantitative estimate of drug-likeness (QED) is 0.763. The van der Waals surface area contributed by atoms with Gasteiger partial charge in [0, 0.05) is 17.9 Å². The molecule has 2 aromatic heterocycles. The van der Waals surface area contributed by atoms with Crippen molar-refractivity contribution in [2.24, 2.45) is 0 Å². The molecule has 1 amide bonds. The van der Waals surface area contributed by atoms with Crippen molar-refractivity contribution in [3.8, 4) is 17.2 Å². The molecule has 0 bridgehead atoms. The predicted octanol–water partition coefficient (Wildman–Crippen LogP) is 2.74. The zero-order valence-corrected chi connectivity index (χ0v) is 14.6. The van der Waals surface area contributed by atoms with Gasteiger partial charge in [-0.05, 0) is 29.8 Å². The van der Waals surface area contributed by atoms with E-state index < -0.39 is 0 Å². The fraction of sp³-hybridized carbons (Fsp3) is 0.263. The van der Waals surface area contributed by atoms with E-state index in [0.717, 1.165) is 16.9 Å². The molecule has 0 radical (unpaired) electrons. The molecule has 5 rings (SSSR count). The number of nitrogens with zero attached hydrogens (tertiary/aromatic N) is 2. The van der Waals surface area contributed by atoms with Crippen LogP contribution in [0.15, 0.2) is 41.1 Å². The maximum atomic E-state index is 12.4. The highest BCUT2D eigenvalue weighted by Gasteiger charge is 2.32. The van der Waals surface area contributed by atoms with E-state index in [2.05, 4.69) is 10.4 Å². The molecule has 0 aliphatic carbocycles. The van der Waals surface area contributed by atoms with Gasteiger partial charge in [-0.25, -0.2) is 4.68 Å². The Kier molecular flexibility index (Phi) is 3.56. The first-order chi connectivity index (χ1) is 13.2. The van der Waals surface area contributed by atoms with E-state index in [4.69, 9.17) is 18.6 Å². The lowest BCUT2D eigenvalue weighted by molar-refractivity contribution is -0.116. The van der Waals surface area contributed by atoms with Gasteiger partial charge in [-0.15, -0.1) is 0 Å². The van der Waals surface area contributed by atoms with Gasteiger partial charge < -0.3 is 23.9 Å². The van der Waals surface area contributed by atoms with Crippen LogP contribution in [0.5, 0.6) is 17.2 Å². The van der Waals surface area contributed by atoms with Crippen LogP contribution in [0.1, 0.15) is 29.2 Å². The van der Waals surface area contributed by atoms with E-state index in [9.17, 15) is 4.79 Å². The molecule has 0 spiro atoms. The fourth-order valence-corrected chi connectivity index (χ4v) is 3.59. The molecule has 1 atom stereocenters. The third-order valence-corrected chi connectivity index (χ3v) is 4.86. The smallest absolute Gasteiger partial charge is 0.231 e. The Morgan fingerprint density at radius 1 is 1.37 bits per heavy atom. The van der Waals surface area contributed by atoms with Crippen LogP contribution < -0.4 is 19.5 Å². The summed E-state index contributed by atoms with van der Waals surface area (Å²) < 4.78 is 23.6. The number of carbonyl (C=O) groups is 1. The lowest BCUT2D eigenvalue weighted by Crippen LogP contribution is -2.25. The van der Waals surface area contributed by atoms with Gasteiger partial charge in [0.2, 0.25) is 18.4 Å². The zero-order chi connectivity index (χ0) is 18.4. The summed E-state index contributed by atoms with van der Waals surface area (Å²) in [6.07, 6.45) is 3.73. The first-order valence-corrected chi connectivity index (χ1v) is 8.58. The van der Waals surface area contributed by atoms with E-state index in [0.29, 0.717) is 36.0 Å². The van der Waals surface area contributed by atoms with Gasteiger partial charge in [0.25, 0.3) is 0 Å². The van der Waals surface area contributed by atoms with Crippen molar-refractivity contribution in [1.29, 1.82) is 0 Å². The molecule has 8 nitrogen and oxygen atoms in total. The molecular formula is C19H17N3O5. The van der Waals surface area contributed by atoms with Crippen molar-refractivity contribution in [3.05, 3.63) is 53.6 Å². The minimum atomic E-state index is -0.150. The summed E-state index contributed by atoms with van der Waals surface area (Å²) in [5, 5.41) is 7.39. The van der Waals surface area contributed by atoms with Crippen molar-refractivity contribution in [2.45, 2.75) is 18.9 Å². The number of amides is 1. The maximum absolute atomic E-state index is 12.4. The second-order valence-electron chi connectivity index (χ2n) is 6.45. The molecule has 138 valence electrons. The molecular weight excluding hydrogens is 350 g/mol. The van der Waals surface area contributed by atoms with Crippen LogP contribution in [-0.4, -0.2) is 29.6 Å². The normalized spacial score (nSPS) is 17.5. The Hall–Kier alpha value is -3.42. The molecule has 4 heterocycles. The average Bonchev–Trinajstić information content (AvgIpc) is 3.42. The summed E-state index contributed by atoms with van der Waals surface area (Å²) in [5.41, 5.74) is 1.87. The fourth-order valence-electron chi connectivity index (χ4n) is 3.59. The molecule has 0 saturated heterocycles. The summed E-state index contributed by atoms with van der Waals surface area (Å²) in [6, 6.07) is 7.50. The van der Waals surface area contributed by atoms with Gasteiger partial charge in [0.15, 0.2) is 11.5 Å². The van der Waals surface area contributed by atoms with Gasteiger partial charge in [0.05, 0.1) is 19.6 Å². The van der Waals surface area contributed by atoms with Crippen LogP contribution in [0.25, 0.3) is 0 Å². The molecule has 1 aromatic carbocycles. The molecule has 3 aromatic rings. The number of hydrogen-bond donors (Lipinski definition) is 1. The Labute approximate surface area is 154 Å². The van der Waals surface area contributed by atoms with Crippen molar-refractivity contribution < 1.29 is 23.4 Å². The minimum absolute atomic E-state index is 0.0645. The molecule has 0 saturated carbocycles. The Morgan fingerprint density at radius 3 is 3.11 bits per heavy atom. The number of anilines is 1. The first kappa shape index (κ1) is 15.8. The van der Waals surface area contributed by atoms with Crippen LogP contribution in [0.2, 0.25) is 0 Å². The third kappa shape index (κ3) is 2.61. The van der Waals surface area contributed by atoms with Gasteiger partial charge in [-0.1, -0.05) is 0 Å².